The van der Waals surface area contributed by atoms with Gasteiger partial charge in [-0.2, -0.15) is 0 Å². The van der Waals surface area contributed by atoms with Crippen molar-refractivity contribution in [3.63, 3.8) is 0 Å². The van der Waals surface area contributed by atoms with E-state index in [1.165, 1.54) is 0 Å². The Hall–Kier alpha value is -2.70. The molecule has 0 radical (unpaired) electrons. The summed E-state index contributed by atoms with van der Waals surface area (Å²) in [5, 5.41) is 5.17. The van der Waals surface area contributed by atoms with Crippen molar-refractivity contribution in [2.24, 2.45) is 0 Å². The van der Waals surface area contributed by atoms with Crippen LogP contribution in [-0.2, 0) is 14.8 Å². The topological polar surface area (TPSA) is 75.3 Å². The van der Waals surface area contributed by atoms with Gasteiger partial charge in [-0.25, -0.2) is 13.1 Å². The second kappa shape index (κ2) is 8.76. The summed E-state index contributed by atoms with van der Waals surface area (Å²) in [7, 11) is -3.64. The van der Waals surface area contributed by atoms with Crippen molar-refractivity contribution >= 4 is 26.7 Å². The second-order valence-electron chi connectivity index (χ2n) is 7.27. The van der Waals surface area contributed by atoms with Crippen molar-refractivity contribution < 1.29 is 13.2 Å². The molecule has 3 aromatic rings. The molecule has 0 fully saturated rings. The van der Waals surface area contributed by atoms with Crippen molar-refractivity contribution in [1.29, 1.82) is 0 Å². The summed E-state index contributed by atoms with van der Waals surface area (Å²) in [6.45, 7) is 5.65. The fourth-order valence-corrected chi connectivity index (χ4v) is 4.75. The van der Waals surface area contributed by atoms with Gasteiger partial charge in [-0.3, -0.25) is 4.79 Å². The molecule has 3 rings (SSSR count). The smallest absolute Gasteiger partial charge is 0.240 e. The van der Waals surface area contributed by atoms with Gasteiger partial charge in [-0.1, -0.05) is 60.2 Å². The third-order valence-electron chi connectivity index (χ3n) is 4.93. The number of hydrogen-bond acceptors (Lipinski definition) is 3. The number of fused-ring (bicyclic) bond motifs is 1. The molecule has 3 aromatic carbocycles. The van der Waals surface area contributed by atoms with Crippen molar-refractivity contribution in [1.82, 2.24) is 10.0 Å². The van der Waals surface area contributed by atoms with Crippen LogP contribution < -0.4 is 10.0 Å². The summed E-state index contributed by atoms with van der Waals surface area (Å²) in [4.78, 5) is 12.6. The van der Waals surface area contributed by atoms with E-state index in [2.05, 4.69) is 10.0 Å². The Bertz CT molecular complexity index is 1130. The fourth-order valence-electron chi connectivity index (χ4n) is 3.50. The number of carbonyl (C=O) groups excluding carboxylic acids is 1. The molecule has 1 atom stereocenters. The summed E-state index contributed by atoms with van der Waals surface area (Å²) >= 11 is 0. The standard InChI is InChI=1S/C23H26N2O3S/c1-16-11-12-22(17(2)15-16)29(27,28)24-14-13-23(26)25-18(3)20-10-6-8-19-7-4-5-9-21(19)20/h4-12,15,18,24H,13-14H2,1-3H3,(H,25,26). The molecule has 0 aliphatic carbocycles. The van der Waals surface area contributed by atoms with E-state index in [4.69, 9.17) is 0 Å². The number of aryl methyl sites for hydroxylation is 2. The molecule has 2 N–H and O–H groups in total. The third-order valence-corrected chi connectivity index (χ3v) is 6.55. The molecule has 6 heteroatoms. The first-order chi connectivity index (χ1) is 13.8. The largest absolute Gasteiger partial charge is 0.350 e. The van der Waals surface area contributed by atoms with Crippen molar-refractivity contribution in [2.75, 3.05) is 6.54 Å². The van der Waals surface area contributed by atoms with Gasteiger partial charge in [0.25, 0.3) is 0 Å². The van der Waals surface area contributed by atoms with E-state index in [-0.39, 0.29) is 29.8 Å². The fraction of sp³-hybridized carbons (Fsp3) is 0.261. The molecule has 152 valence electrons. The van der Waals surface area contributed by atoms with Crippen LogP contribution >= 0.6 is 0 Å². The van der Waals surface area contributed by atoms with Gasteiger partial charge in [0.1, 0.15) is 0 Å². The zero-order chi connectivity index (χ0) is 21.0. The van der Waals surface area contributed by atoms with E-state index in [1.807, 2.05) is 62.4 Å². The van der Waals surface area contributed by atoms with Crippen LogP contribution in [0.25, 0.3) is 10.8 Å². The molecule has 29 heavy (non-hydrogen) atoms. The Morgan fingerprint density at radius 2 is 1.72 bits per heavy atom. The minimum Gasteiger partial charge on any atom is -0.350 e. The molecule has 0 aliphatic rings. The summed E-state index contributed by atoms with van der Waals surface area (Å²) in [6.07, 6.45) is 0.0687. The van der Waals surface area contributed by atoms with Crippen LogP contribution in [-0.4, -0.2) is 20.9 Å². The molecule has 0 saturated heterocycles. The lowest BCUT2D eigenvalue weighted by Gasteiger charge is -2.17. The lowest BCUT2D eigenvalue weighted by Crippen LogP contribution is -2.32. The van der Waals surface area contributed by atoms with Crippen molar-refractivity contribution in [3.05, 3.63) is 77.4 Å². The van der Waals surface area contributed by atoms with Crippen LogP contribution in [0.4, 0.5) is 0 Å². The molecule has 1 amide bonds. The van der Waals surface area contributed by atoms with Gasteiger partial charge in [-0.05, 0) is 48.7 Å². The highest BCUT2D eigenvalue weighted by Crippen LogP contribution is 2.24. The van der Waals surface area contributed by atoms with E-state index in [0.29, 0.717) is 5.56 Å². The highest BCUT2D eigenvalue weighted by Gasteiger charge is 2.17. The normalized spacial score (nSPS) is 12.7. The summed E-state index contributed by atoms with van der Waals surface area (Å²) in [6, 6.07) is 19.0. The minimum absolute atomic E-state index is 0.0454. The van der Waals surface area contributed by atoms with E-state index in [1.54, 1.807) is 19.1 Å². The molecular formula is C23H26N2O3S. The Kier molecular flexibility index (Phi) is 6.35. The molecule has 0 heterocycles. The van der Waals surface area contributed by atoms with E-state index >= 15 is 0 Å². The van der Waals surface area contributed by atoms with Gasteiger partial charge in [0, 0.05) is 13.0 Å². The number of hydrogen-bond donors (Lipinski definition) is 2. The maximum atomic E-state index is 12.5. The number of amides is 1. The van der Waals surface area contributed by atoms with E-state index in [0.717, 1.165) is 21.9 Å². The molecule has 0 bridgehead atoms. The number of carbonyl (C=O) groups is 1. The predicted octanol–water partition coefficient (Wildman–Crippen LogP) is 4.00. The van der Waals surface area contributed by atoms with E-state index in [9.17, 15) is 13.2 Å². The van der Waals surface area contributed by atoms with Gasteiger partial charge >= 0.3 is 0 Å². The quantitative estimate of drug-likeness (QED) is 0.618. The molecule has 1 unspecified atom stereocenters. The Labute approximate surface area is 172 Å². The van der Waals surface area contributed by atoms with Gasteiger partial charge < -0.3 is 5.32 Å². The number of benzene rings is 3. The first kappa shape index (κ1) is 21.0. The van der Waals surface area contributed by atoms with Gasteiger partial charge in [0.05, 0.1) is 10.9 Å². The van der Waals surface area contributed by atoms with E-state index < -0.39 is 10.0 Å². The summed E-state index contributed by atoms with van der Waals surface area (Å²) < 4.78 is 27.5. The van der Waals surface area contributed by atoms with Crippen LogP contribution in [0.15, 0.2) is 65.6 Å². The monoisotopic (exact) mass is 410 g/mol. The van der Waals surface area contributed by atoms with Crippen LogP contribution in [0.5, 0.6) is 0 Å². The Balaban J connectivity index is 1.59. The van der Waals surface area contributed by atoms with Crippen LogP contribution in [0, 0.1) is 13.8 Å². The Morgan fingerprint density at radius 3 is 2.48 bits per heavy atom. The maximum Gasteiger partial charge on any atom is 0.240 e. The molecule has 0 aromatic heterocycles. The van der Waals surface area contributed by atoms with Crippen molar-refractivity contribution in [3.8, 4) is 0 Å². The van der Waals surface area contributed by atoms with Crippen LogP contribution in [0.1, 0.15) is 36.1 Å². The molecular weight excluding hydrogens is 384 g/mol. The van der Waals surface area contributed by atoms with Gasteiger partial charge in [-0.15, -0.1) is 0 Å². The molecule has 0 saturated carbocycles. The first-order valence-corrected chi connectivity index (χ1v) is 11.1. The number of sulfonamides is 1. The first-order valence-electron chi connectivity index (χ1n) is 9.62. The Morgan fingerprint density at radius 1 is 1.00 bits per heavy atom. The highest BCUT2D eigenvalue weighted by molar-refractivity contribution is 7.89. The zero-order valence-electron chi connectivity index (χ0n) is 16.9. The van der Waals surface area contributed by atoms with Gasteiger partial charge in [0.2, 0.25) is 15.9 Å². The minimum atomic E-state index is -3.64. The average Bonchev–Trinajstić information content (AvgIpc) is 2.67. The SMILES string of the molecule is Cc1ccc(S(=O)(=O)NCCC(=O)NC(C)c2cccc3ccccc23)c(C)c1. The number of nitrogens with one attached hydrogen (secondary N) is 2. The van der Waals surface area contributed by atoms with Gasteiger partial charge in [0.15, 0.2) is 0 Å². The average molecular weight is 411 g/mol. The lowest BCUT2D eigenvalue weighted by atomic mass is 9.99. The second-order valence-corrected chi connectivity index (χ2v) is 9.01. The van der Waals surface area contributed by atoms with Crippen molar-refractivity contribution in [2.45, 2.75) is 38.1 Å². The zero-order valence-corrected chi connectivity index (χ0v) is 17.7. The molecule has 0 spiro atoms. The molecule has 5 nitrogen and oxygen atoms in total. The summed E-state index contributed by atoms with van der Waals surface area (Å²) in [5.41, 5.74) is 2.72. The third kappa shape index (κ3) is 5.02. The number of rotatable bonds is 7. The predicted molar refractivity (Wildman–Crippen MR) is 116 cm³/mol. The van der Waals surface area contributed by atoms with Crippen LogP contribution in [0.2, 0.25) is 0 Å². The highest BCUT2D eigenvalue weighted by atomic mass is 32.2. The van der Waals surface area contributed by atoms with Crippen LogP contribution in [0.3, 0.4) is 0 Å². The summed E-state index contributed by atoms with van der Waals surface area (Å²) in [5.74, 6) is -0.200. The lowest BCUT2D eigenvalue weighted by molar-refractivity contribution is -0.121. The maximum absolute atomic E-state index is 12.5. The molecule has 0 aliphatic heterocycles.